The van der Waals surface area contributed by atoms with E-state index in [-0.39, 0.29) is 35.0 Å². The van der Waals surface area contributed by atoms with Gasteiger partial charge in [-0.05, 0) is 290 Å². The van der Waals surface area contributed by atoms with E-state index in [1.54, 1.807) is 5.56 Å². The topological polar surface area (TPSA) is 32.4 Å². The van der Waals surface area contributed by atoms with Crippen molar-refractivity contribution in [2.75, 3.05) is 24.5 Å². The highest BCUT2D eigenvalue weighted by Gasteiger charge is 2.58. The van der Waals surface area contributed by atoms with Gasteiger partial charge in [-0.15, -0.1) is 0 Å². The highest BCUT2D eigenvalue weighted by molar-refractivity contribution is 5.85. The van der Waals surface area contributed by atoms with Crippen molar-refractivity contribution in [3.05, 3.63) is 515 Å². The van der Waals surface area contributed by atoms with Gasteiger partial charge < -0.3 is 49.0 Å². The molecule has 10 heteroatoms. The van der Waals surface area contributed by atoms with Crippen LogP contribution in [0.3, 0.4) is 0 Å². The number of nitrogens with zero attached hydrogens (tertiary/aromatic N) is 10. The third-order valence-electron chi connectivity index (χ3n) is 33.1. The SMILES string of the molecule is CC1=C2N(C=CC2(c2ccccc2)c2ccccc2)C(c2c(C)cccc2C)N1c1ccccc1C.CC1=C2c3ccccc3C(C)(C)N2C(C)N1c1ccccc1C.CC1=C2c3ccccc3C(C)(C3CCCCC3)N2C(C)N1c1ccccc1C.[2H]C1(C)C=CN2C1=C(C)N(c1ccccc1C)C2c1c(C)cccc1C.[2H]C1(c2ccccc2)C=CN2C1=C(C)N(c1ccccc1C)C2c1c(C)cccc1C. The van der Waals surface area contributed by atoms with Crippen molar-refractivity contribution >= 4 is 39.8 Å². The van der Waals surface area contributed by atoms with Crippen molar-refractivity contribution in [1.29, 1.82) is 0 Å². The maximum atomic E-state index is 9.53. The number of aryl methyl sites for hydroxylation is 11. The van der Waals surface area contributed by atoms with Gasteiger partial charge in [0.15, 0.2) is 0 Å². The van der Waals surface area contributed by atoms with Gasteiger partial charge >= 0.3 is 0 Å². The summed E-state index contributed by atoms with van der Waals surface area (Å²) >= 11 is 0. The molecule has 11 aliphatic rings. The van der Waals surface area contributed by atoms with E-state index in [2.05, 4.69) is 516 Å². The number of anilines is 5. The molecule has 13 aromatic rings. The second kappa shape index (κ2) is 38.3. The van der Waals surface area contributed by atoms with Crippen molar-refractivity contribution in [3.8, 4) is 0 Å². The summed E-state index contributed by atoms with van der Waals surface area (Å²) in [6.07, 6.45) is 20.6. The molecule has 10 nitrogen and oxygen atoms in total. The summed E-state index contributed by atoms with van der Waals surface area (Å²) in [5, 5.41) is 0. The Balaban J connectivity index is 0.000000111. The predicted octanol–water partition coefficient (Wildman–Crippen LogP) is 32.7. The second-order valence-electron chi connectivity index (χ2n) is 41.8. The summed E-state index contributed by atoms with van der Waals surface area (Å²) in [5.74, 6) is -0.875. The van der Waals surface area contributed by atoms with Crippen molar-refractivity contribution in [3.63, 3.8) is 0 Å². The van der Waals surface area contributed by atoms with Gasteiger partial charge in [-0.25, -0.2) is 0 Å². The molecular weight excluding hydrogens is 1730 g/mol. The Labute approximate surface area is 850 Å². The van der Waals surface area contributed by atoms with Crippen molar-refractivity contribution in [2.45, 2.75) is 238 Å². The largest absolute Gasteiger partial charge is 0.340 e. The lowest BCUT2D eigenvalue weighted by atomic mass is 9.72. The van der Waals surface area contributed by atoms with Crippen molar-refractivity contribution in [2.24, 2.45) is 11.8 Å². The maximum Gasteiger partial charge on any atom is 0.136 e. The van der Waals surface area contributed by atoms with Crippen LogP contribution in [0.2, 0.25) is 0 Å². The fourth-order valence-corrected chi connectivity index (χ4v) is 26.5. The number of hydrogen-bond donors (Lipinski definition) is 0. The van der Waals surface area contributed by atoms with Gasteiger partial charge in [-0.2, -0.15) is 0 Å². The minimum Gasteiger partial charge on any atom is -0.340 e. The molecule has 24 rings (SSSR count). The molecule has 720 valence electrons. The van der Waals surface area contributed by atoms with Gasteiger partial charge in [0.25, 0.3) is 0 Å². The monoisotopic (exact) mass is 1870 g/mol. The zero-order valence-electron chi connectivity index (χ0n) is 89.5. The number of benzene rings is 13. The number of fused-ring (bicyclic) bond motifs is 9. The first-order valence-corrected chi connectivity index (χ1v) is 51.7. The Bertz CT molecular complexity index is 7290. The molecular formula is C132H142N10. The average Bonchev–Trinajstić information content (AvgIpc) is 1.53. The van der Waals surface area contributed by atoms with Gasteiger partial charge in [-0.3, -0.25) is 0 Å². The molecule has 0 bridgehead atoms. The summed E-state index contributed by atoms with van der Waals surface area (Å²) in [5.41, 5.74) is 46.3. The first-order chi connectivity index (χ1) is 69.3. The number of rotatable bonds is 12. The molecule has 142 heavy (non-hydrogen) atoms. The first kappa shape index (κ1) is 92.8. The molecule has 0 saturated heterocycles. The summed E-state index contributed by atoms with van der Waals surface area (Å²) in [6.45, 7) is 49.3. The lowest BCUT2D eigenvalue weighted by molar-refractivity contribution is 0.0663. The van der Waals surface area contributed by atoms with E-state index in [0.717, 1.165) is 34.3 Å². The minimum absolute atomic E-state index is 0.00973. The van der Waals surface area contributed by atoms with Gasteiger partial charge in [-0.1, -0.05) is 323 Å². The van der Waals surface area contributed by atoms with E-state index in [1.807, 2.05) is 37.3 Å². The average molecular weight is 1870 g/mol. The predicted molar refractivity (Wildman–Crippen MR) is 595 cm³/mol. The van der Waals surface area contributed by atoms with E-state index < -0.39 is 11.8 Å². The molecule has 8 atom stereocenters. The molecule has 13 aromatic carbocycles. The Morgan fingerprint density at radius 2 is 0.620 bits per heavy atom. The molecule has 1 fully saturated rings. The molecule has 0 radical (unpaired) electrons. The van der Waals surface area contributed by atoms with Crippen LogP contribution >= 0.6 is 0 Å². The molecule has 1 aliphatic carbocycles. The smallest absolute Gasteiger partial charge is 0.136 e. The number of para-hydroxylation sites is 5. The van der Waals surface area contributed by atoms with E-state index >= 15 is 0 Å². The van der Waals surface area contributed by atoms with Gasteiger partial charge in [0.1, 0.15) is 30.8 Å². The van der Waals surface area contributed by atoms with Crippen LogP contribution in [0.25, 0.3) is 11.4 Å². The normalized spacial score (nSPS) is 22.9. The zero-order chi connectivity index (χ0) is 101. The molecule has 8 unspecified atom stereocenters. The number of allylic oxidation sites excluding steroid dienone is 8. The Kier molecular flexibility index (Phi) is 25.0. The van der Waals surface area contributed by atoms with Crippen LogP contribution in [0.4, 0.5) is 28.4 Å². The number of hydrogen-bond acceptors (Lipinski definition) is 10. The first-order valence-electron chi connectivity index (χ1n) is 52.7. The van der Waals surface area contributed by atoms with Crippen LogP contribution in [0.5, 0.6) is 0 Å². The third-order valence-corrected chi connectivity index (χ3v) is 33.1. The highest BCUT2D eigenvalue weighted by Crippen LogP contribution is 2.63. The summed E-state index contributed by atoms with van der Waals surface area (Å²) < 4.78 is 18.3. The molecule has 0 N–H and O–H groups in total. The Morgan fingerprint density at radius 3 is 1.06 bits per heavy atom. The summed E-state index contributed by atoms with van der Waals surface area (Å²) in [7, 11) is 0. The standard InChI is InChI=1S/C34H32N2.C28H28N2.C26H32N2.C23H26N2.C21H24N2/c1-24-14-11-12-21-30(24)36-27(4)32-34(28-17-7-5-8-18-28,29-19-9-6-10-20-29)22-23-35(32)33(36)31-25(2)15-13-16-26(31)3;1-19-11-8-9-16-25(19)30-22(4)27-24(23-14-6-5-7-15-23)17-18-29(27)28(30)26-20(2)12-10-13-21(26)3;1-18-12-8-11-17-24(18)27-19(2)25-22-15-9-10-16-23(22)26(4,28(25)20(27)3)21-13-6-5-7-14-21;1-15-9-6-7-12-20(15)25-19(5)22-18(4)13-14-24(22)23(25)21-16(2)10-8-11-17(21)3;1-14-10-6-9-13-19(14)22-15(2)20-17-11-7-8-12-18(17)21(4,5)23(20)16(22)3/h5-23,33H,1-4H3;5-18,24,28H,1-4H3;8-12,15-17,20-21H,5-7,13-14H2,1-4H3;6-14,18,23H,1-5H3;6-13,16H,1-5H3/i;24D;;18D;. The molecule has 0 spiro atoms. The molecule has 1 saturated carbocycles. The van der Waals surface area contributed by atoms with Crippen LogP contribution in [-0.2, 0) is 16.5 Å². The lowest BCUT2D eigenvalue weighted by Gasteiger charge is -2.47. The highest BCUT2D eigenvalue weighted by atomic mass is 15.5. The molecule has 10 heterocycles. The van der Waals surface area contributed by atoms with E-state index in [9.17, 15) is 1.37 Å². The van der Waals surface area contributed by atoms with Crippen molar-refractivity contribution in [1.82, 2.24) is 24.5 Å². The van der Waals surface area contributed by atoms with Gasteiger partial charge in [0.05, 0.1) is 39.3 Å². The summed E-state index contributed by atoms with van der Waals surface area (Å²) in [4.78, 5) is 25.0. The molecule has 0 amide bonds. The van der Waals surface area contributed by atoms with E-state index in [1.165, 1.54) is 200 Å². The maximum absolute atomic E-state index is 9.53. The van der Waals surface area contributed by atoms with Crippen LogP contribution in [-0.4, -0.2) is 36.8 Å². The summed E-state index contributed by atoms with van der Waals surface area (Å²) in [6, 6.07) is 113. The lowest BCUT2D eigenvalue weighted by Crippen LogP contribution is -2.51. The fourth-order valence-electron chi connectivity index (χ4n) is 26.5. The molecule has 0 aromatic heterocycles. The van der Waals surface area contributed by atoms with Crippen LogP contribution < -0.4 is 24.5 Å². The van der Waals surface area contributed by atoms with Gasteiger partial charge in [0.2, 0.25) is 0 Å². The minimum atomic E-state index is -0.905. The zero-order valence-corrected chi connectivity index (χ0v) is 87.5. The molecule has 10 aliphatic heterocycles. The van der Waals surface area contributed by atoms with Gasteiger partial charge in [0, 0.05) is 124 Å². The van der Waals surface area contributed by atoms with Crippen LogP contribution in [0.1, 0.15) is 252 Å². The fraction of sp³-hybridized carbons (Fsp3) is 0.288. The third kappa shape index (κ3) is 15.7. The van der Waals surface area contributed by atoms with E-state index in [0.29, 0.717) is 12.3 Å². The Morgan fingerprint density at radius 1 is 0.289 bits per heavy atom. The Hall–Kier alpha value is -14.2. The van der Waals surface area contributed by atoms with Crippen LogP contribution in [0.15, 0.2) is 398 Å². The van der Waals surface area contributed by atoms with Crippen LogP contribution in [0, 0.1) is 88.0 Å². The van der Waals surface area contributed by atoms with E-state index in [4.69, 9.17) is 1.37 Å². The van der Waals surface area contributed by atoms with Crippen molar-refractivity contribution < 1.29 is 2.74 Å². The second-order valence-corrected chi connectivity index (χ2v) is 41.8. The quantitative estimate of drug-likeness (QED) is 0.118.